The van der Waals surface area contributed by atoms with Crippen LogP contribution in [-0.4, -0.2) is 61.7 Å². The highest BCUT2D eigenvalue weighted by Crippen LogP contribution is 2.24. The Kier molecular flexibility index (Phi) is 5.81. The van der Waals surface area contributed by atoms with Crippen molar-refractivity contribution >= 4 is 15.7 Å². The summed E-state index contributed by atoms with van der Waals surface area (Å²) in [7, 11) is -1.99. The van der Waals surface area contributed by atoms with E-state index >= 15 is 0 Å². The summed E-state index contributed by atoms with van der Waals surface area (Å²) < 4.78 is 36.6. The number of para-hydroxylation sites is 1. The smallest absolute Gasteiger partial charge is 0.235 e. The van der Waals surface area contributed by atoms with Crippen molar-refractivity contribution in [1.82, 2.24) is 20.6 Å². The minimum absolute atomic E-state index is 0.0864. The van der Waals surface area contributed by atoms with Crippen molar-refractivity contribution in [2.75, 3.05) is 37.4 Å². The Labute approximate surface area is 128 Å². The van der Waals surface area contributed by atoms with Crippen LogP contribution in [0, 0.1) is 0 Å². The van der Waals surface area contributed by atoms with Crippen molar-refractivity contribution in [3.63, 3.8) is 0 Å². The van der Waals surface area contributed by atoms with Gasteiger partial charge in [0.1, 0.15) is 0 Å². The molecule has 0 atom stereocenters. The van der Waals surface area contributed by atoms with Gasteiger partial charge >= 0.3 is 0 Å². The number of nitrogens with one attached hydrogen (secondary N) is 2. The molecule has 0 fully saturated rings. The van der Waals surface area contributed by atoms with Gasteiger partial charge in [0.25, 0.3) is 0 Å². The Morgan fingerprint density at radius 2 is 2.05 bits per heavy atom. The molecule has 2 aromatic rings. The van der Waals surface area contributed by atoms with Crippen LogP contribution in [-0.2, 0) is 19.5 Å². The average molecular weight is 327 g/mol. The van der Waals surface area contributed by atoms with Gasteiger partial charge < -0.3 is 9.47 Å². The highest BCUT2D eigenvalue weighted by atomic mass is 32.2. The third kappa shape index (κ3) is 4.76. The van der Waals surface area contributed by atoms with E-state index in [-0.39, 0.29) is 12.4 Å². The topological polar surface area (TPSA) is 119 Å². The van der Waals surface area contributed by atoms with Gasteiger partial charge in [0.2, 0.25) is 15.8 Å². The summed E-state index contributed by atoms with van der Waals surface area (Å²) in [6.07, 6.45) is 0. The van der Waals surface area contributed by atoms with E-state index in [9.17, 15) is 8.42 Å². The number of nitrogens with zero attached hydrogens (tertiary/aromatic N) is 3. The molecule has 22 heavy (non-hydrogen) atoms. The molecule has 0 spiro atoms. The number of H-pyrrole nitrogens is 1. The molecule has 0 bridgehead atoms. The van der Waals surface area contributed by atoms with Crippen molar-refractivity contribution in [1.29, 1.82) is 0 Å². The second kappa shape index (κ2) is 7.82. The van der Waals surface area contributed by atoms with Crippen molar-refractivity contribution < 1.29 is 17.9 Å². The molecule has 0 unspecified atom stereocenters. The number of rotatable bonds is 9. The molecule has 0 amide bonds. The number of aromatic nitrogens is 4. The maximum atomic E-state index is 12.1. The monoisotopic (exact) mass is 327 g/mol. The summed E-state index contributed by atoms with van der Waals surface area (Å²) in [5.41, 5.74) is 0.931. The van der Waals surface area contributed by atoms with E-state index in [1.807, 2.05) is 0 Å². The fraction of sp³-hybridized carbons (Fsp3) is 0.417. The Hall–Kier alpha value is -2.04. The number of methoxy groups -OCH3 is 1. The summed E-state index contributed by atoms with van der Waals surface area (Å²) in [5.74, 6) is 0.159. The van der Waals surface area contributed by atoms with Gasteiger partial charge in [-0.25, -0.2) is 8.42 Å². The van der Waals surface area contributed by atoms with Gasteiger partial charge in [0.15, 0.2) is 0 Å². The zero-order valence-corrected chi connectivity index (χ0v) is 12.8. The number of hydrogen-bond acceptors (Lipinski definition) is 7. The van der Waals surface area contributed by atoms with Gasteiger partial charge in [0, 0.05) is 12.7 Å². The first-order valence-corrected chi connectivity index (χ1v) is 8.17. The standard InChI is InChI=1S/C12H17N5O4S/c1-20-6-7-21-8-9-22(18,19)15-11-5-3-2-4-10(11)12-13-16-17-14-12/h2-5,15H,6-9H2,1H3,(H,13,14,16,17). The number of aromatic amines is 1. The van der Waals surface area contributed by atoms with Gasteiger partial charge in [-0.15, -0.1) is 10.2 Å². The van der Waals surface area contributed by atoms with E-state index in [1.54, 1.807) is 31.4 Å². The van der Waals surface area contributed by atoms with Crippen LogP contribution in [0.4, 0.5) is 5.69 Å². The Bertz CT molecular complexity index is 675. The molecule has 0 saturated carbocycles. The second-order valence-electron chi connectivity index (χ2n) is 4.31. The predicted octanol–water partition coefficient (Wildman–Crippen LogP) is 0.271. The minimum Gasteiger partial charge on any atom is -0.382 e. The van der Waals surface area contributed by atoms with Crippen molar-refractivity contribution in [3.8, 4) is 11.4 Å². The van der Waals surface area contributed by atoms with E-state index in [2.05, 4.69) is 25.3 Å². The molecule has 9 nitrogen and oxygen atoms in total. The molecule has 0 radical (unpaired) electrons. The van der Waals surface area contributed by atoms with Gasteiger partial charge in [0.05, 0.1) is 31.3 Å². The highest BCUT2D eigenvalue weighted by molar-refractivity contribution is 7.92. The van der Waals surface area contributed by atoms with Crippen molar-refractivity contribution in [2.45, 2.75) is 0 Å². The molecule has 10 heteroatoms. The van der Waals surface area contributed by atoms with E-state index in [0.29, 0.717) is 30.3 Å². The molecule has 1 aromatic heterocycles. The Morgan fingerprint density at radius 1 is 1.23 bits per heavy atom. The van der Waals surface area contributed by atoms with E-state index in [0.717, 1.165) is 0 Å². The molecular formula is C12H17N5O4S. The van der Waals surface area contributed by atoms with Gasteiger partial charge in [-0.1, -0.05) is 12.1 Å². The molecule has 0 aliphatic rings. The molecular weight excluding hydrogens is 310 g/mol. The van der Waals surface area contributed by atoms with Crippen LogP contribution in [0.3, 0.4) is 0 Å². The summed E-state index contributed by atoms with van der Waals surface area (Å²) in [4.78, 5) is 0. The zero-order chi connectivity index (χ0) is 15.8. The summed E-state index contributed by atoms with van der Waals surface area (Å²) in [6, 6.07) is 6.82. The van der Waals surface area contributed by atoms with E-state index in [1.165, 1.54) is 0 Å². The average Bonchev–Trinajstić information content (AvgIpc) is 3.01. The first-order chi connectivity index (χ1) is 10.6. The third-order valence-corrected chi connectivity index (χ3v) is 3.94. The fourth-order valence-corrected chi connectivity index (χ4v) is 2.63. The zero-order valence-electron chi connectivity index (χ0n) is 12.0. The molecule has 0 saturated heterocycles. The van der Waals surface area contributed by atoms with Crippen LogP contribution in [0.15, 0.2) is 24.3 Å². The summed E-state index contributed by atoms with van der Waals surface area (Å²) in [5, 5.41) is 13.5. The first kappa shape index (κ1) is 16.3. The number of ether oxygens (including phenoxy) is 2. The van der Waals surface area contributed by atoms with E-state index < -0.39 is 10.0 Å². The van der Waals surface area contributed by atoms with Crippen LogP contribution < -0.4 is 4.72 Å². The number of benzene rings is 1. The second-order valence-corrected chi connectivity index (χ2v) is 6.15. The largest absolute Gasteiger partial charge is 0.382 e. The van der Waals surface area contributed by atoms with Gasteiger partial charge in [-0.3, -0.25) is 4.72 Å². The van der Waals surface area contributed by atoms with Crippen LogP contribution in [0.2, 0.25) is 0 Å². The lowest BCUT2D eigenvalue weighted by Crippen LogP contribution is -2.21. The molecule has 2 N–H and O–H groups in total. The molecule has 120 valence electrons. The normalized spacial score (nSPS) is 11.5. The minimum atomic E-state index is -3.54. The van der Waals surface area contributed by atoms with Crippen LogP contribution in [0.1, 0.15) is 0 Å². The molecule has 1 aromatic carbocycles. The van der Waals surface area contributed by atoms with Crippen LogP contribution in [0.5, 0.6) is 0 Å². The number of anilines is 1. The molecule has 1 heterocycles. The lowest BCUT2D eigenvalue weighted by Gasteiger charge is -2.11. The number of hydrogen-bond donors (Lipinski definition) is 2. The molecule has 0 aliphatic carbocycles. The quantitative estimate of drug-likeness (QED) is 0.634. The molecule has 0 aliphatic heterocycles. The third-order valence-electron chi connectivity index (χ3n) is 2.71. The summed E-state index contributed by atoms with van der Waals surface area (Å²) in [6.45, 7) is 0.864. The van der Waals surface area contributed by atoms with Crippen LogP contribution in [0.25, 0.3) is 11.4 Å². The van der Waals surface area contributed by atoms with Gasteiger partial charge in [-0.05, 0) is 17.3 Å². The fourth-order valence-electron chi connectivity index (χ4n) is 1.67. The summed E-state index contributed by atoms with van der Waals surface area (Å²) >= 11 is 0. The van der Waals surface area contributed by atoms with Crippen molar-refractivity contribution in [2.24, 2.45) is 0 Å². The number of tetrazole rings is 1. The Morgan fingerprint density at radius 3 is 2.77 bits per heavy atom. The predicted molar refractivity (Wildman–Crippen MR) is 79.7 cm³/mol. The highest BCUT2D eigenvalue weighted by Gasteiger charge is 2.15. The maximum absolute atomic E-state index is 12.1. The first-order valence-electron chi connectivity index (χ1n) is 6.52. The lowest BCUT2D eigenvalue weighted by molar-refractivity contribution is 0.0785. The Balaban J connectivity index is 2.01. The lowest BCUT2D eigenvalue weighted by atomic mass is 10.2. The van der Waals surface area contributed by atoms with Crippen molar-refractivity contribution in [3.05, 3.63) is 24.3 Å². The maximum Gasteiger partial charge on any atom is 0.235 e. The van der Waals surface area contributed by atoms with Gasteiger partial charge in [-0.2, -0.15) is 5.21 Å². The van der Waals surface area contributed by atoms with Crippen LogP contribution >= 0.6 is 0 Å². The molecule has 2 rings (SSSR count). The number of sulfonamides is 1. The SMILES string of the molecule is COCCOCCS(=O)(=O)Nc1ccccc1-c1nn[nH]n1. The van der Waals surface area contributed by atoms with E-state index in [4.69, 9.17) is 9.47 Å².